The van der Waals surface area contributed by atoms with Crippen LogP contribution < -0.4 is 9.47 Å². The van der Waals surface area contributed by atoms with Crippen molar-refractivity contribution in [3.05, 3.63) is 117 Å². The number of halogens is 2. The van der Waals surface area contributed by atoms with Crippen LogP contribution in [0.3, 0.4) is 0 Å². The van der Waals surface area contributed by atoms with Gasteiger partial charge in [-0.1, -0.05) is 49.2 Å². The van der Waals surface area contributed by atoms with Gasteiger partial charge in [0.25, 0.3) is 0 Å². The lowest BCUT2D eigenvalue weighted by Gasteiger charge is -2.27. The number of carboxylic acids is 2. The van der Waals surface area contributed by atoms with E-state index < -0.39 is 17.4 Å². The van der Waals surface area contributed by atoms with Gasteiger partial charge in [-0.2, -0.15) is 0 Å². The Morgan fingerprint density at radius 1 is 0.622 bits per heavy atom. The van der Waals surface area contributed by atoms with Crippen LogP contribution in [-0.2, 0) is 5.41 Å². The van der Waals surface area contributed by atoms with E-state index >= 15 is 0 Å². The minimum atomic E-state index is -1.01. The molecule has 4 aromatic carbocycles. The summed E-state index contributed by atoms with van der Waals surface area (Å²) in [7, 11) is 0. The van der Waals surface area contributed by atoms with Gasteiger partial charge in [-0.25, -0.2) is 9.59 Å². The molecule has 0 fully saturated rings. The lowest BCUT2D eigenvalue weighted by Crippen LogP contribution is -2.19. The summed E-state index contributed by atoms with van der Waals surface area (Å²) < 4.78 is 11.7. The molecule has 37 heavy (non-hydrogen) atoms. The molecular weight excluding hydrogens is 515 g/mol. The van der Waals surface area contributed by atoms with Crippen molar-refractivity contribution in [2.24, 2.45) is 0 Å². The number of benzene rings is 4. The monoisotopic (exact) mass is 536 g/mol. The fourth-order valence-electron chi connectivity index (χ4n) is 3.70. The minimum absolute atomic E-state index is 0.168. The first-order valence-corrected chi connectivity index (χ1v) is 11.9. The summed E-state index contributed by atoms with van der Waals surface area (Å²) in [5.41, 5.74) is 1.74. The molecule has 4 aromatic rings. The number of carbonyl (C=O) groups is 2. The lowest BCUT2D eigenvalue weighted by atomic mass is 9.78. The van der Waals surface area contributed by atoms with Gasteiger partial charge in [0.05, 0.1) is 21.2 Å². The highest BCUT2D eigenvalue weighted by molar-refractivity contribution is 6.32. The predicted molar refractivity (Wildman–Crippen MR) is 142 cm³/mol. The molecule has 8 heteroatoms. The molecule has 0 atom stereocenters. The Morgan fingerprint density at radius 3 is 1.27 bits per heavy atom. The fraction of sp³-hybridized carbons (Fsp3) is 0.103. The van der Waals surface area contributed by atoms with Gasteiger partial charge in [0.15, 0.2) is 0 Å². The predicted octanol–water partition coefficient (Wildman–Crippen LogP) is 8.30. The van der Waals surface area contributed by atoms with E-state index in [1.807, 2.05) is 38.1 Å². The summed E-state index contributed by atoms with van der Waals surface area (Å²) in [6.07, 6.45) is 0. The zero-order valence-corrected chi connectivity index (χ0v) is 21.4. The molecule has 0 aliphatic rings. The van der Waals surface area contributed by atoms with Crippen LogP contribution in [0.15, 0.2) is 84.9 Å². The van der Waals surface area contributed by atoms with Crippen LogP contribution in [0.25, 0.3) is 0 Å². The Labute approximate surface area is 223 Å². The van der Waals surface area contributed by atoms with Gasteiger partial charge in [0, 0.05) is 5.41 Å². The summed E-state index contributed by atoms with van der Waals surface area (Å²) in [6.45, 7) is 4.08. The lowest BCUT2D eigenvalue weighted by molar-refractivity contribution is 0.0686. The second-order valence-electron chi connectivity index (χ2n) is 8.78. The second kappa shape index (κ2) is 10.5. The van der Waals surface area contributed by atoms with Gasteiger partial charge < -0.3 is 19.7 Å². The number of aromatic carboxylic acids is 2. The van der Waals surface area contributed by atoms with E-state index in [4.69, 9.17) is 42.9 Å². The van der Waals surface area contributed by atoms with Gasteiger partial charge in [-0.05, 0) is 83.9 Å². The molecule has 0 aromatic heterocycles. The topological polar surface area (TPSA) is 93.1 Å². The van der Waals surface area contributed by atoms with Gasteiger partial charge in [-0.15, -0.1) is 0 Å². The molecule has 0 unspecified atom stereocenters. The van der Waals surface area contributed by atoms with E-state index in [1.54, 1.807) is 36.4 Å². The highest BCUT2D eigenvalue weighted by atomic mass is 35.5. The summed E-state index contributed by atoms with van der Waals surface area (Å²) in [4.78, 5) is 22.1. The molecule has 0 aliphatic heterocycles. The maximum atomic E-state index is 11.0. The molecule has 0 aliphatic carbocycles. The molecule has 6 nitrogen and oxygen atoms in total. The van der Waals surface area contributed by atoms with Gasteiger partial charge in [0.2, 0.25) is 0 Å². The first-order chi connectivity index (χ1) is 17.5. The van der Waals surface area contributed by atoms with Crippen LogP contribution in [-0.4, -0.2) is 22.2 Å². The standard InChI is InChI=1S/C29H22Cl2O6/c1-29(2,19-7-13-25(23(30)15-19)36-21-9-3-17(4-10-21)27(32)33)20-8-14-26(24(31)16-20)37-22-11-5-18(6-12-22)28(34)35/h3-16H,1-2H3,(H,32,33)(H,34,35). The summed E-state index contributed by atoms with van der Waals surface area (Å²) in [5, 5.41) is 18.9. The molecule has 4 rings (SSSR count). The van der Waals surface area contributed by atoms with E-state index in [9.17, 15) is 9.59 Å². The molecule has 0 saturated heterocycles. The summed E-state index contributed by atoms with van der Waals surface area (Å²) >= 11 is 13.1. The van der Waals surface area contributed by atoms with Crippen molar-refractivity contribution in [2.45, 2.75) is 19.3 Å². The molecule has 0 bridgehead atoms. The Morgan fingerprint density at radius 2 is 0.973 bits per heavy atom. The highest BCUT2D eigenvalue weighted by Crippen LogP contribution is 2.40. The zero-order chi connectivity index (χ0) is 26.7. The molecule has 0 spiro atoms. The fourth-order valence-corrected chi connectivity index (χ4v) is 4.13. The smallest absolute Gasteiger partial charge is 0.335 e. The van der Waals surface area contributed by atoms with Crippen molar-refractivity contribution in [3.63, 3.8) is 0 Å². The number of ether oxygens (including phenoxy) is 2. The third-order valence-corrected chi connectivity index (χ3v) is 6.56. The Balaban J connectivity index is 1.52. The van der Waals surface area contributed by atoms with Crippen LogP contribution >= 0.6 is 23.2 Å². The van der Waals surface area contributed by atoms with E-state index in [2.05, 4.69) is 0 Å². The Hall–Kier alpha value is -4.00. The molecule has 0 amide bonds. The average molecular weight is 537 g/mol. The molecule has 188 valence electrons. The van der Waals surface area contributed by atoms with Crippen molar-refractivity contribution >= 4 is 35.1 Å². The first-order valence-electron chi connectivity index (χ1n) is 11.2. The van der Waals surface area contributed by atoms with E-state index in [0.29, 0.717) is 33.0 Å². The molecule has 2 N–H and O–H groups in total. The van der Waals surface area contributed by atoms with Crippen LogP contribution in [0.5, 0.6) is 23.0 Å². The van der Waals surface area contributed by atoms with Crippen molar-refractivity contribution in [2.75, 3.05) is 0 Å². The number of hydrogen-bond donors (Lipinski definition) is 2. The van der Waals surface area contributed by atoms with Crippen LogP contribution in [0, 0.1) is 0 Å². The third-order valence-electron chi connectivity index (χ3n) is 5.97. The van der Waals surface area contributed by atoms with Gasteiger partial charge in [0.1, 0.15) is 23.0 Å². The minimum Gasteiger partial charge on any atom is -0.478 e. The highest BCUT2D eigenvalue weighted by Gasteiger charge is 2.25. The second-order valence-corrected chi connectivity index (χ2v) is 9.59. The Bertz CT molecular complexity index is 1350. The quantitative estimate of drug-likeness (QED) is 0.235. The molecule has 0 saturated carbocycles. The van der Waals surface area contributed by atoms with Crippen LogP contribution in [0.4, 0.5) is 0 Å². The van der Waals surface area contributed by atoms with Gasteiger partial charge >= 0.3 is 11.9 Å². The SMILES string of the molecule is CC(C)(c1ccc(Oc2ccc(C(=O)O)cc2)c(Cl)c1)c1ccc(Oc2ccc(C(=O)O)cc2)c(Cl)c1. The molecule has 0 radical (unpaired) electrons. The molecular formula is C29H22Cl2O6. The summed E-state index contributed by atoms with van der Waals surface area (Å²) in [6, 6.07) is 23.2. The van der Waals surface area contributed by atoms with Crippen molar-refractivity contribution in [1.29, 1.82) is 0 Å². The zero-order valence-electron chi connectivity index (χ0n) is 19.9. The maximum Gasteiger partial charge on any atom is 0.335 e. The Kier molecular flexibility index (Phi) is 7.43. The van der Waals surface area contributed by atoms with Crippen LogP contribution in [0.1, 0.15) is 45.7 Å². The van der Waals surface area contributed by atoms with Crippen molar-refractivity contribution in [1.82, 2.24) is 0 Å². The summed E-state index contributed by atoms with van der Waals surface area (Å²) in [5.74, 6) is -0.187. The number of carboxylic acid groups (broad SMARTS) is 2. The van der Waals surface area contributed by atoms with Crippen LogP contribution in [0.2, 0.25) is 10.0 Å². The first kappa shape index (κ1) is 26.1. The van der Waals surface area contributed by atoms with Gasteiger partial charge in [-0.3, -0.25) is 0 Å². The normalized spacial score (nSPS) is 11.1. The number of rotatable bonds is 8. The third kappa shape index (κ3) is 5.88. The maximum absolute atomic E-state index is 11.0. The average Bonchev–Trinajstić information content (AvgIpc) is 2.87. The molecule has 0 heterocycles. The van der Waals surface area contributed by atoms with Crippen molar-refractivity contribution in [3.8, 4) is 23.0 Å². The van der Waals surface area contributed by atoms with E-state index in [1.165, 1.54) is 24.3 Å². The number of hydrogen-bond acceptors (Lipinski definition) is 4. The van der Waals surface area contributed by atoms with E-state index in [0.717, 1.165) is 11.1 Å². The largest absolute Gasteiger partial charge is 0.478 e. The van der Waals surface area contributed by atoms with E-state index in [-0.39, 0.29) is 11.1 Å². The van der Waals surface area contributed by atoms with Crippen molar-refractivity contribution < 1.29 is 29.3 Å².